The molecule has 0 saturated heterocycles. The molecule has 1 aromatic carbocycles. The second-order valence-corrected chi connectivity index (χ2v) is 5.36. The summed E-state index contributed by atoms with van der Waals surface area (Å²) in [6, 6.07) is 10.1. The lowest BCUT2D eigenvalue weighted by Crippen LogP contribution is -2.01. The van der Waals surface area contributed by atoms with Crippen molar-refractivity contribution < 1.29 is 0 Å². The molecule has 0 N–H and O–H groups in total. The molecule has 5 nitrogen and oxygen atoms in total. The summed E-state index contributed by atoms with van der Waals surface area (Å²) >= 11 is 6.16. The molecule has 1 unspecified atom stereocenters. The van der Waals surface area contributed by atoms with Gasteiger partial charge in [-0.2, -0.15) is 5.10 Å². The zero-order valence-electron chi connectivity index (χ0n) is 11.7. The summed E-state index contributed by atoms with van der Waals surface area (Å²) in [5.41, 5.74) is 3.02. The average Bonchev–Trinajstić information content (AvgIpc) is 3.18. The third-order valence-electron chi connectivity index (χ3n) is 3.29. The second kappa shape index (κ2) is 6.10. The monoisotopic (exact) mass is 301 g/mol. The summed E-state index contributed by atoms with van der Waals surface area (Å²) in [4.78, 5) is 0. The van der Waals surface area contributed by atoms with E-state index in [1.54, 1.807) is 6.20 Å². The molecular weight excluding hydrogens is 286 g/mol. The van der Waals surface area contributed by atoms with E-state index in [4.69, 9.17) is 11.6 Å². The van der Waals surface area contributed by atoms with E-state index in [9.17, 15) is 0 Å². The standard InChI is InChI=1S/C15H16ClN5/c1-2-14(16)15-11-20(19-18-15)10-12-4-6-13(7-5-12)21-9-3-8-17-21/h3-9,11,14H,2,10H2,1H3. The number of hydrogen-bond acceptors (Lipinski definition) is 3. The van der Waals surface area contributed by atoms with Crippen molar-refractivity contribution in [1.29, 1.82) is 0 Å². The van der Waals surface area contributed by atoms with Crippen LogP contribution in [0, 0.1) is 0 Å². The molecule has 0 saturated carbocycles. The van der Waals surface area contributed by atoms with Crippen LogP contribution in [0.5, 0.6) is 0 Å². The predicted octanol–water partition coefficient (Wildman–Crippen LogP) is 3.20. The Balaban J connectivity index is 1.72. The van der Waals surface area contributed by atoms with Crippen molar-refractivity contribution in [3.05, 3.63) is 60.2 Å². The number of hydrogen-bond donors (Lipinski definition) is 0. The Labute approximate surface area is 128 Å². The van der Waals surface area contributed by atoms with Gasteiger partial charge in [0.15, 0.2) is 0 Å². The number of halogens is 1. The first kappa shape index (κ1) is 13.8. The Bertz CT molecular complexity index is 687. The molecule has 1 atom stereocenters. The molecule has 3 aromatic rings. The number of alkyl halides is 1. The van der Waals surface area contributed by atoms with Crippen molar-refractivity contribution in [3.63, 3.8) is 0 Å². The Morgan fingerprint density at radius 2 is 2.05 bits per heavy atom. The van der Waals surface area contributed by atoms with Gasteiger partial charge in [-0.05, 0) is 30.2 Å². The van der Waals surface area contributed by atoms with E-state index in [0.29, 0.717) is 6.54 Å². The summed E-state index contributed by atoms with van der Waals surface area (Å²) in [7, 11) is 0. The maximum Gasteiger partial charge on any atom is 0.101 e. The average molecular weight is 302 g/mol. The van der Waals surface area contributed by atoms with Crippen LogP contribution in [0.15, 0.2) is 48.9 Å². The highest BCUT2D eigenvalue weighted by Gasteiger charge is 2.10. The van der Waals surface area contributed by atoms with Crippen molar-refractivity contribution in [1.82, 2.24) is 24.8 Å². The van der Waals surface area contributed by atoms with Gasteiger partial charge in [0, 0.05) is 12.4 Å². The quantitative estimate of drug-likeness (QED) is 0.680. The molecular formula is C15H16ClN5. The third-order valence-corrected chi connectivity index (χ3v) is 3.82. The highest BCUT2D eigenvalue weighted by molar-refractivity contribution is 6.20. The van der Waals surface area contributed by atoms with Crippen molar-refractivity contribution >= 4 is 11.6 Å². The van der Waals surface area contributed by atoms with Gasteiger partial charge in [-0.25, -0.2) is 9.36 Å². The highest BCUT2D eigenvalue weighted by Crippen LogP contribution is 2.21. The lowest BCUT2D eigenvalue weighted by molar-refractivity contribution is 0.648. The van der Waals surface area contributed by atoms with Gasteiger partial charge in [0.25, 0.3) is 0 Å². The van der Waals surface area contributed by atoms with Crippen LogP contribution in [0.25, 0.3) is 5.69 Å². The van der Waals surface area contributed by atoms with E-state index < -0.39 is 0 Å². The van der Waals surface area contributed by atoms with Gasteiger partial charge in [0.2, 0.25) is 0 Å². The van der Waals surface area contributed by atoms with Gasteiger partial charge in [-0.1, -0.05) is 24.3 Å². The van der Waals surface area contributed by atoms with Gasteiger partial charge in [-0.3, -0.25) is 0 Å². The van der Waals surface area contributed by atoms with Gasteiger partial charge in [0.05, 0.1) is 23.8 Å². The number of benzene rings is 1. The van der Waals surface area contributed by atoms with Crippen LogP contribution in [0.4, 0.5) is 0 Å². The molecule has 2 aromatic heterocycles. The Morgan fingerprint density at radius 1 is 1.24 bits per heavy atom. The summed E-state index contributed by atoms with van der Waals surface area (Å²) in [6.07, 6.45) is 6.44. The van der Waals surface area contributed by atoms with E-state index in [1.165, 1.54) is 0 Å². The van der Waals surface area contributed by atoms with Crippen LogP contribution in [0.3, 0.4) is 0 Å². The van der Waals surface area contributed by atoms with Crippen molar-refractivity contribution in [2.75, 3.05) is 0 Å². The van der Waals surface area contributed by atoms with E-state index in [1.807, 2.05) is 46.9 Å². The molecule has 0 aliphatic heterocycles. The topological polar surface area (TPSA) is 48.5 Å². The Morgan fingerprint density at radius 3 is 2.71 bits per heavy atom. The molecule has 0 spiro atoms. The first-order valence-electron chi connectivity index (χ1n) is 6.89. The summed E-state index contributed by atoms with van der Waals surface area (Å²) in [5, 5.41) is 12.4. The fourth-order valence-corrected chi connectivity index (χ4v) is 2.21. The summed E-state index contributed by atoms with van der Waals surface area (Å²) in [6.45, 7) is 2.71. The maximum atomic E-state index is 6.16. The Kier molecular flexibility index (Phi) is 4.01. The molecule has 0 radical (unpaired) electrons. The highest BCUT2D eigenvalue weighted by atomic mass is 35.5. The lowest BCUT2D eigenvalue weighted by atomic mass is 10.2. The Hall–Kier alpha value is -2.14. The molecule has 2 heterocycles. The number of aromatic nitrogens is 5. The number of nitrogens with zero attached hydrogens (tertiary/aromatic N) is 5. The summed E-state index contributed by atoms with van der Waals surface area (Å²) in [5.74, 6) is 0. The molecule has 0 amide bonds. The van der Waals surface area contributed by atoms with Crippen molar-refractivity contribution in [3.8, 4) is 5.69 Å². The van der Waals surface area contributed by atoms with Crippen molar-refractivity contribution in [2.24, 2.45) is 0 Å². The smallest absolute Gasteiger partial charge is 0.101 e. The van der Waals surface area contributed by atoms with Crippen LogP contribution in [0.2, 0.25) is 0 Å². The fourth-order valence-electron chi connectivity index (χ4n) is 2.11. The number of rotatable bonds is 5. The van der Waals surface area contributed by atoms with Crippen LogP contribution in [-0.4, -0.2) is 24.8 Å². The maximum absolute atomic E-state index is 6.16. The summed E-state index contributed by atoms with van der Waals surface area (Å²) < 4.78 is 3.64. The molecule has 6 heteroatoms. The minimum atomic E-state index is -0.0686. The SMILES string of the molecule is CCC(Cl)c1cn(Cc2ccc(-n3cccn3)cc2)nn1. The molecule has 108 valence electrons. The van der Waals surface area contributed by atoms with E-state index in [2.05, 4.69) is 27.5 Å². The van der Waals surface area contributed by atoms with Gasteiger partial charge >= 0.3 is 0 Å². The molecule has 3 rings (SSSR count). The van der Waals surface area contributed by atoms with Gasteiger partial charge in [0.1, 0.15) is 5.69 Å². The van der Waals surface area contributed by atoms with Crippen LogP contribution >= 0.6 is 11.6 Å². The molecule has 0 aliphatic rings. The minimum Gasteiger partial charge on any atom is -0.248 e. The largest absolute Gasteiger partial charge is 0.248 e. The molecule has 0 fully saturated rings. The van der Waals surface area contributed by atoms with Crippen LogP contribution in [-0.2, 0) is 6.54 Å². The molecule has 0 bridgehead atoms. The fraction of sp³-hybridized carbons (Fsp3) is 0.267. The van der Waals surface area contributed by atoms with E-state index in [0.717, 1.165) is 23.4 Å². The van der Waals surface area contributed by atoms with Crippen molar-refractivity contribution in [2.45, 2.75) is 25.3 Å². The lowest BCUT2D eigenvalue weighted by Gasteiger charge is -2.04. The normalized spacial score (nSPS) is 12.5. The van der Waals surface area contributed by atoms with Gasteiger partial charge in [-0.15, -0.1) is 16.7 Å². The third kappa shape index (κ3) is 3.13. The molecule has 0 aliphatic carbocycles. The predicted molar refractivity (Wildman–Crippen MR) is 81.6 cm³/mol. The first-order chi connectivity index (χ1) is 10.3. The zero-order valence-corrected chi connectivity index (χ0v) is 12.5. The minimum absolute atomic E-state index is 0.0686. The van der Waals surface area contributed by atoms with Crippen LogP contribution in [0.1, 0.15) is 30.0 Å². The van der Waals surface area contributed by atoms with Gasteiger partial charge < -0.3 is 0 Å². The van der Waals surface area contributed by atoms with E-state index >= 15 is 0 Å². The second-order valence-electron chi connectivity index (χ2n) is 4.83. The van der Waals surface area contributed by atoms with E-state index in [-0.39, 0.29) is 5.38 Å². The van der Waals surface area contributed by atoms with Crippen LogP contribution < -0.4 is 0 Å². The first-order valence-corrected chi connectivity index (χ1v) is 7.33. The zero-order chi connectivity index (χ0) is 14.7. The molecule has 21 heavy (non-hydrogen) atoms.